The zero-order valence-corrected chi connectivity index (χ0v) is 12.6. The summed E-state index contributed by atoms with van der Waals surface area (Å²) >= 11 is 0. The number of halogens is 1. The molecule has 1 amide bonds. The summed E-state index contributed by atoms with van der Waals surface area (Å²) in [7, 11) is 0. The Bertz CT molecular complexity index is 442. The lowest BCUT2D eigenvalue weighted by atomic mass is 9.99. The Morgan fingerprint density at radius 3 is 2.74 bits per heavy atom. The molecule has 0 aliphatic carbocycles. The third kappa shape index (κ3) is 3.95. The number of carbonyl (C=O) groups excluding carboxylic acids is 1. The van der Waals surface area contributed by atoms with E-state index in [2.05, 4.69) is 49.6 Å². The van der Waals surface area contributed by atoms with Crippen molar-refractivity contribution in [3.8, 4) is 0 Å². The van der Waals surface area contributed by atoms with Gasteiger partial charge in [-0.3, -0.25) is 4.79 Å². The lowest BCUT2D eigenvalue weighted by Crippen LogP contribution is -2.34. The SMILES string of the molecule is Cc1ccc(C(C)NC(=O)C2CCNC2)c(C)c1.Cl. The molecular formula is C15H23ClN2O. The summed E-state index contributed by atoms with van der Waals surface area (Å²) in [6.07, 6.45) is 0.950. The molecule has 1 saturated heterocycles. The van der Waals surface area contributed by atoms with Crippen LogP contribution in [0.1, 0.15) is 36.1 Å². The van der Waals surface area contributed by atoms with Crippen molar-refractivity contribution >= 4 is 18.3 Å². The van der Waals surface area contributed by atoms with Gasteiger partial charge in [-0.2, -0.15) is 0 Å². The number of carbonyl (C=O) groups is 1. The van der Waals surface area contributed by atoms with Gasteiger partial charge in [0.2, 0.25) is 5.91 Å². The Labute approximate surface area is 121 Å². The summed E-state index contributed by atoms with van der Waals surface area (Å²) in [5.41, 5.74) is 3.71. The van der Waals surface area contributed by atoms with Gasteiger partial charge in [-0.25, -0.2) is 0 Å². The summed E-state index contributed by atoms with van der Waals surface area (Å²) in [5, 5.41) is 6.34. The van der Waals surface area contributed by atoms with E-state index in [1.807, 2.05) is 0 Å². The number of amides is 1. The highest BCUT2D eigenvalue weighted by Gasteiger charge is 2.23. The molecule has 2 rings (SSSR count). The highest BCUT2D eigenvalue weighted by Crippen LogP contribution is 2.19. The van der Waals surface area contributed by atoms with Gasteiger partial charge < -0.3 is 10.6 Å². The van der Waals surface area contributed by atoms with E-state index in [-0.39, 0.29) is 30.3 Å². The summed E-state index contributed by atoms with van der Waals surface area (Å²) in [4.78, 5) is 12.1. The number of rotatable bonds is 3. The minimum absolute atomic E-state index is 0. The molecule has 106 valence electrons. The molecule has 3 nitrogen and oxygen atoms in total. The molecule has 1 aromatic carbocycles. The summed E-state index contributed by atoms with van der Waals surface area (Å²) in [6, 6.07) is 6.46. The summed E-state index contributed by atoms with van der Waals surface area (Å²) < 4.78 is 0. The highest BCUT2D eigenvalue weighted by molar-refractivity contribution is 5.85. The first-order valence-corrected chi connectivity index (χ1v) is 6.66. The predicted octanol–water partition coefficient (Wildman–Crippen LogP) is 2.51. The normalized spacial score (nSPS) is 19.6. The highest BCUT2D eigenvalue weighted by atomic mass is 35.5. The first-order valence-electron chi connectivity index (χ1n) is 6.66. The van der Waals surface area contributed by atoms with E-state index < -0.39 is 0 Å². The topological polar surface area (TPSA) is 41.1 Å². The van der Waals surface area contributed by atoms with Gasteiger partial charge in [-0.05, 0) is 44.9 Å². The maximum Gasteiger partial charge on any atom is 0.224 e. The number of hydrogen-bond donors (Lipinski definition) is 2. The fourth-order valence-electron chi connectivity index (χ4n) is 2.60. The van der Waals surface area contributed by atoms with Gasteiger partial charge in [-0.1, -0.05) is 23.8 Å². The lowest BCUT2D eigenvalue weighted by Gasteiger charge is -2.19. The van der Waals surface area contributed by atoms with Gasteiger partial charge in [0.05, 0.1) is 12.0 Å². The Kier molecular flexibility index (Phi) is 5.83. The first kappa shape index (κ1) is 16.0. The van der Waals surface area contributed by atoms with Crippen molar-refractivity contribution < 1.29 is 4.79 Å². The maximum absolute atomic E-state index is 12.1. The van der Waals surface area contributed by atoms with Crippen LogP contribution in [-0.4, -0.2) is 19.0 Å². The monoisotopic (exact) mass is 282 g/mol. The molecule has 2 atom stereocenters. The van der Waals surface area contributed by atoms with Crippen molar-refractivity contribution in [2.75, 3.05) is 13.1 Å². The van der Waals surface area contributed by atoms with Crippen molar-refractivity contribution in [3.63, 3.8) is 0 Å². The second kappa shape index (κ2) is 6.92. The van der Waals surface area contributed by atoms with Gasteiger partial charge in [0, 0.05) is 6.54 Å². The van der Waals surface area contributed by atoms with Crippen molar-refractivity contribution in [1.29, 1.82) is 0 Å². The average Bonchev–Trinajstić information content (AvgIpc) is 2.81. The molecule has 4 heteroatoms. The molecule has 2 N–H and O–H groups in total. The quantitative estimate of drug-likeness (QED) is 0.894. The molecule has 2 unspecified atom stereocenters. The van der Waals surface area contributed by atoms with E-state index in [0.29, 0.717) is 0 Å². The van der Waals surface area contributed by atoms with Crippen LogP contribution in [0.5, 0.6) is 0 Å². The predicted molar refractivity (Wildman–Crippen MR) is 80.7 cm³/mol. The molecule has 0 aromatic heterocycles. The molecule has 1 aromatic rings. The number of benzene rings is 1. The maximum atomic E-state index is 12.1. The van der Waals surface area contributed by atoms with E-state index in [0.717, 1.165) is 19.5 Å². The second-order valence-electron chi connectivity index (χ2n) is 5.28. The zero-order valence-electron chi connectivity index (χ0n) is 11.8. The van der Waals surface area contributed by atoms with Crippen LogP contribution in [0.3, 0.4) is 0 Å². The smallest absolute Gasteiger partial charge is 0.224 e. The standard InChI is InChI=1S/C15H22N2O.ClH/c1-10-4-5-14(11(2)8-10)12(3)17-15(18)13-6-7-16-9-13;/h4-5,8,12-13,16H,6-7,9H2,1-3H3,(H,17,18);1H. The lowest BCUT2D eigenvalue weighted by molar-refractivity contribution is -0.125. The average molecular weight is 283 g/mol. The fraction of sp³-hybridized carbons (Fsp3) is 0.533. The molecule has 0 saturated carbocycles. The van der Waals surface area contributed by atoms with Gasteiger partial charge in [0.1, 0.15) is 0 Å². The Morgan fingerprint density at radius 1 is 1.42 bits per heavy atom. The fourth-order valence-corrected chi connectivity index (χ4v) is 2.60. The van der Waals surface area contributed by atoms with Crippen molar-refractivity contribution in [2.45, 2.75) is 33.2 Å². The molecule has 1 fully saturated rings. The molecular weight excluding hydrogens is 260 g/mol. The van der Waals surface area contributed by atoms with Crippen LogP contribution in [0.4, 0.5) is 0 Å². The van der Waals surface area contributed by atoms with Gasteiger partial charge in [0.15, 0.2) is 0 Å². The van der Waals surface area contributed by atoms with Crippen LogP contribution in [0, 0.1) is 19.8 Å². The third-order valence-corrected chi connectivity index (χ3v) is 3.68. The minimum Gasteiger partial charge on any atom is -0.349 e. The molecule has 1 heterocycles. The molecule has 19 heavy (non-hydrogen) atoms. The largest absolute Gasteiger partial charge is 0.349 e. The second-order valence-corrected chi connectivity index (χ2v) is 5.28. The Morgan fingerprint density at radius 2 is 2.16 bits per heavy atom. The van der Waals surface area contributed by atoms with Crippen LogP contribution < -0.4 is 10.6 Å². The van der Waals surface area contributed by atoms with Crippen LogP contribution in [0.2, 0.25) is 0 Å². The number of hydrogen-bond acceptors (Lipinski definition) is 2. The van der Waals surface area contributed by atoms with E-state index in [1.54, 1.807) is 0 Å². The number of aryl methyl sites for hydroxylation is 2. The van der Waals surface area contributed by atoms with Crippen molar-refractivity contribution in [1.82, 2.24) is 10.6 Å². The van der Waals surface area contributed by atoms with Gasteiger partial charge >= 0.3 is 0 Å². The zero-order chi connectivity index (χ0) is 13.1. The van der Waals surface area contributed by atoms with Crippen LogP contribution in [0.15, 0.2) is 18.2 Å². The Balaban J connectivity index is 0.00000180. The van der Waals surface area contributed by atoms with Crippen molar-refractivity contribution in [2.24, 2.45) is 5.92 Å². The summed E-state index contributed by atoms with van der Waals surface area (Å²) in [5.74, 6) is 0.311. The molecule has 0 bridgehead atoms. The molecule has 1 aliphatic rings. The first-order chi connectivity index (χ1) is 8.58. The van der Waals surface area contributed by atoms with E-state index in [9.17, 15) is 4.79 Å². The van der Waals surface area contributed by atoms with E-state index >= 15 is 0 Å². The van der Waals surface area contributed by atoms with Gasteiger partial charge in [-0.15, -0.1) is 12.4 Å². The Hall–Kier alpha value is -1.06. The van der Waals surface area contributed by atoms with Gasteiger partial charge in [0.25, 0.3) is 0 Å². The van der Waals surface area contributed by atoms with E-state index in [1.165, 1.54) is 16.7 Å². The van der Waals surface area contributed by atoms with E-state index in [4.69, 9.17) is 0 Å². The molecule has 0 radical (unpaired) electrons. The van der Waals surface area contributed by atoms with Crippen LogP contribution in [0.25, 0.3) is 0 Å². The van der Waals surface area contributed by atoms with Crippen molar-refractivity contribution in [3.05, 3.63) is 34.9 Å². The van der Waals surface area contributed by atoms with Crippen LogP contribution in [-0.2, 0) is 4.79 Å². The number of nitrogens with one attached hydrogen (secondary N) is 2. The third-order valence-electron chi connectivity index (χ3n) is 3.68. The van der Waals surface area contributed by atoms with Crippen LogP contribution >= 0.6 is 12.4 Å². The molecule has 1 aliphatic heterocycles. The molecule has 0 spiro atoms. The summed E-state index contributed by atoms with van der Waals surface area (Å²) in [6.45, 7) is 8.01. The minimum atomic E-state index is 0.